The van der Waals surface area contributed by atoms with Crippen LogP contribution in [-0.2, 0) is 0 Å². The number of piperidine rings is 1. The molecule has 92 valence electrons. The largest absolute Gasteiger partial charge is 0.494 e. The van der Waals surface area contributed by atoms with Gasteiger partial charge in [0.05, 0.1) is 7.11 Å². The molecule has 1 saturated heterocycles. The number of nitrogens with zero attached hydrogens (tertiary/aromatic N) is 2. The van der Waals surface area contributed by atoms with Gasteiger partial charge in [0.2, 0.25) is 0 Å². The van der Waals surface area contributed by atoms with Crippen molar-refractivity contribution < 1.29 is 4.74 Å². The maximum Gasteiger partial charge on any atom is 0.144 e. The van der Waals surface area contributed by atoms with E-state index in [9.17, 15) is 0 Å². The van der Waals surface area contributed by atoms with Gasteiger partial charge < -0.3 is 9.64 Å². The number of hydrogen-bond donors (Lipinski definition) is 0. The Bertz CT molecular complexity index is 421. The number of hydrogen-bond acceptors (Lipinski definition) is 3. The first-order valence-electron chi connectivity index (χ1n) is 5.77. The fourth-order valence-corrected chi connectivity index (χ4v) is 2.08. The Morgan fingerprint density at radius 2 is 2.00 bits per heavy atom. The lowest BCUT2D eigenvalue weighted by atomic mass is 10.1. The van der Waals surface area contributed by atoms with E-state index in [-0.39, 0.29) is 0 Å². The van der Waals surface area contributed by atoms with Crippen LogP contribution in [0.3, 0.4) is 0 Å². The molecule has 0 N–H and O–H groups in total. The molecule has 1 aliphatic rings. The first-order chi connectivity index (χ1) is 8.19. The first kappa shape index (κ1) is 12.4. The van der Waals surface area contributed by atoms with E-state index in [0.717, 1.165) is 37.4 Å². The average Bonchev–Trinajstić information content (AvgIpc) is 2.32. The van der Waals surface area contributed by atoms with E-state index in [1.807, 2.05) is 18.2 Å². The Labute approximate surface area is 107 Å². The van der Waals surface area contributed by atoms with Gasteiger partial charge in [-0.25, -0.2) is 0 Å². The van der Waals surface area contributed by atoms with Gasteiger partial charge in [0.1, 0.15) is 11.4 Å². The molecule has 0 saturated carbocycles. The van der Waals surface area contributed by atoms with E-state index in [0.29, 0.717) is 5.02 Å². The van der Waals surface area contributed by atoms with Crippen LogP contribution in [0.25, 0.3) is 0 Å². The van der Waals surface area contributed by atoms with Gasteiger partial charge in [0.25, 0.3) is 0 Å². The predicted molar refractivity (Wildman–Crippen MR) is 71.8 cm³/mol. The molecule has 1 heterocycles. The fraction of sp³-hybridized carbons (Fsp3) is 0.462. The molecular weight excluding hydrogens is 236 g/mol. The van der Waals surface area contributed by atoms with E-state index in [2.05, 4.69) is 16.9 Å². The number of aliphatic imine (C=N–C) groups is 1. The molecule has 0 aliphatic carbocycles. The van der Waals surface area contributed by atoms with Gasteiger partial charge in [-0.2, -0.15) is 0 Å². The van der Waals surface area contributed by atoms with Gasteiger partial charge in [-0.15, -0.1) is 0 Å². The average molecular weight is 253 g/mol. The van der Waals surface area contributed by atoms with Gasteiger partial charge in [-0.05, 0) is 38.1 Å². The number of ether oxygens (including phenoxy) is 1. The summed E-state index contributed by atoms with van der Waals surface area (Å²) >= 11 is 5.98. The molecule has 17 heavy (non-hydrogen) atoms. The molecule has 0 amide bonds. The van der Waals surface area contributed by atoms with Crippen LogP contribution in [0, 0.1) is 0 Å². The molecule has 3 nitrogen and oxygen atoms in total. The third-order valence-electron chi connectivity index (χ3n) is 2.98. The van der Waals surface area contributed by atoms with Gasteiger partial charge in [0.15, 0.2) is 0 Å². The lowest BCUT2D eigenvalue weighted by molar-refractivity contribution is 0.336. The van der Waals surface area contributed by atoms with Crippen LogP contribution in [-0.4, -0.2) is 37.9 Å². The maximum absolute atomic E-state index is 5.98. The summed E-state index contributed by atoms with van der Waals surface area (Å²) in [6.07, 6.45) is 2.04. The summed E-state index contributed by atoms with van der Waals surface area (Å²) in [5.41, 5.74) is 2.06. The van der Waals surface area contributed by atoms with Crippen molar-refractivity contribution in [2.75, 3.05) is 27.2 Å². The summed E-state index contributed by atoms with van der Waals surface area (Å²) in [4.78, 5) is 6.98. The molecule has 4 heteroatoms. The molecule has 1 aromatic carbocycles. The minimum absolute atomic E-state index is 0.693. The Balaban J connectivity index is 2.22. The molecule has 1 aromatic rings. The molecule has 2 rings (SSSR count). The molecule has 0 bridgehead atoms. The van der Waals surface area contributed by atoms with Crippen LogP contribution in [0.4, 0.5) is 5.69 Å². The minimum atomic E-state index is 0.693. The quantitative estimate of drug-likeness (QED) is 0.808. The van der Waals surface area contributed by atoms with E-state index < -0.39 is 0 Å². The Morgan fingerprint density at radius 1 is 1.29 bits per heavy atom. The summed E-state index contributed by atoms with van der Waals surface area (Å²) in [5, 5.41) is 0.693. The monoisotopic (exact) mass is 252 g/mol. The van der Waals surface area contributed by atoms with Crippen molar-refractivity contribution in [2.24, 2.45) is 4.99 Å². The lowest BCUT2D eigenvalue weighted by Gasteiger charge is -2.23. The molecule has 0 aromatic heterocycles. The second kappa shape index (κ2) is 5.52. The normalized spacial score (nSPS) is 17.0. The van der Waals surface area contributed by atoms with Crippen LogP contribution in [0.1, 0.15) is 12.8 Å². The van der Waals surface area contributed by atoms with Crippen LogP contribution in [0.2, 0.25) is 5.02 Å². The standard InChI is InChI=1S/C13H17ClN2O/c1-16-7-5-11(6-8-16)15-12-9-10(14)3-4-13(12)17-2/h3-4,9H,5-8H2,1-2H3. The van der Waals surface area contributed by atoms with Gasteiger partial charge in [-0.1, -0.05) is 11.6 Å². The Kier molecular flexibility index (Phi) is 4.02. The summed E-state index contributed by atoms with van der Waals surface area (Å²) in [7, 11) is 3.79. The lowest BCUT2D eigenvalue weighted by Crippen LogP contribution is -2.30. The number of methoxy groups -OCH3 is 1. The highest BCUT2D eigenvalue weighted by Crippen LogP contribution is 2.31. The third kappa shape index (κ3) is 3.20. The highest BCUT2D eigenvalue weighted by atomic mass is 35.5. The maximum atomic E-state index is 5.98. The van der Waals surface area contributed by atoms with E-state index in [1.54, 1.807) is 7.11 Å². The number of rotatable bonds is 2. The molecular formula is C13H17ClN2O. The van der Waals surface area contributed by atoms with Gasteiger partial charge in [-0.3, -0.25) is 4.99 Å². The second-order valence-electron chi connectivity index (χ2n) is 4.30. The van der Waals surface area contributed by atoms with E-state index in [1.165, 1.54) is 5.71 Å². The summed E-state index contributed by atoms with van der Waals surface area (Å²) in [5.74, 6) is 0.779. The summed E-state index contributed by atoms with van der Waals surface area (Å²) in [6.45, 7) is 2.14. The fourth-order valence-electron chi connectivity index (χ4n) is 1.91. The smallest absolute Gasteiger partial charge is 0.144 e. The zero-order valence-corrected chi connectivity index (χ0v) is 11.0. The summed E-state index contributed by atoms with van der Waals surface area (Å²) in [6, 6.07) is 5.53. The van der Waals surface area contributed by atoms with Gasteiger partial charge in [0, 0.05) is 23.8 Å². The topological polar surface area (TPSA) is 24.8 Å². The number of halogens is 1. The number of benzene rings is 1. The van der Waals surface area contributed by atoms with Crippen molar-refractivity contribution >= 4 is 23.0 Å². The molecule has 0 unspecified atom stereocenters. The van der Waals surface area contributed by atoms with E-state index >= 15 is 0 Å². The number of likely N-dealkylation sites (tertiary alicyclic amines) is 1. The third-order valence-corrected chi connectivity index (χ3v) is 3.22. The SMILES string of the molecule is COc1ccc(Cl)cc1N=C1CCN(C)CC1. The van der Waals surface area contributed by atoms with Gasteiger partial charge >= 0.3 is 0 Å². The van der Waals surface area contributed by atoms with Crippen molar-refractivity contribution in [3.63, 3.8) is 0 Å². The molecule has 1 fully saturated rings. The Hall–Kier alpha value is -1.06. The predicted octanol–water partition coefficient (Wildman–Crippen LogP) is 3.15. The Morgan fingerprint density at radius 3 is 2.65 bits per heavy atom. The first-order valence-corrected chi connectivity index (χ1v) is 6.15. The van der Waals surface area contributed by atoms with Crippen LogP contribution < -0.4 is 4.74 Å². The van der Waals surface area contributed by atoms with Crippen molar-refractivity contribution in [3.8, 4) is 5.75 Å². The van der Waals surface area contributed by atoms with Crippen molar-refractivity contribution in [2.45, 2.75) is 12.8 Å². The molecule has 0 radical (unpaired) electrons. The van der Waals surface area contributed by atoms with Crippen LogP contribution >= 0.6 is 11.6 Å². The highest BCUT2D eigenvalue weighted by Gasteiger charge is 2.12. The van der Waals surface area contributed by atoms with Crippen molar-refractivity contribution in [3.05, 3.63) is 23.2 Å². The minimum Gasteiger partial charge on any atom is -0.494 e. The van der Waals surface area contributed by atoms with Crippen molar-refractivity contribution in [1.82, 2.24) is 4.90 Å². The molecule has 0 atom stereocenters. The van der Waals surface area contributed by atoms with Crippen LogP contribution in [0.5, 0.6) is 5.75 Å². The zero-order valence-electron chi connectivity index (χ0n) is 10.2. The van der Waals surface area contributed by atoms with E-state index in [4.69, 9.17) is 16.3 Å². The molecule has 0 spiro atoms. The van der Waals surface area contributed by atoms with Crippen molar-refractivity contribution in [1.29, 1.82) is 0 Å². The highest BCUT2D eigenvalue weighted by molar-refractivity contribution is 6.30. The van der Waals surface area contributed by atoms with Crippen LogP contribution in [0.15, 0.2) is 23.2 Å². The zero-order chi connectivity index (χ0) is 12.3. The summed E-state index contributed by atoms with van der Waals surface area (Å²) < 4.78 is 5.29. The second-order valence-corrected chi connectivity index (χ2v) is 4.73. The molecule has 1 aliphatic heterocycles.